The zero-order valence-corrected chi connectivity index (χ0v) is 22.7. The van der Waals surface area contributed by atoms with Crippen molar-refractivity contribution in [3.05, 3.63) is 88.5 Å². The van der Waals surface area contributed by atoms with Crippen LogP contribution < -0.4 is 9.64 Å². The van der Waals surface area contributed by atoms with Gasteiger partial charge >= 0.3 is 5.97 Å². The van der Waals surface area contributed by atoms with E-state index < -0.39 is 0 Å². The molecule has 0 saturated carbocycles. The van der Waals surface area contributed by atoms with E-state index in [0.717, 1.165) is 22.4 Å². The SMILES string of the molecule is CCOC(=O)CCCOc1c(C)cc(C(=C2C=CC(=[N+](C)C)C=C2)c2ccc(N(C)C)cc2)cc1C. The summed E-state index contributed by atoms with van der Waals surface area (Å²) in [5.41, 5.74) is 9.16. The minimum Gasteiger partial charge on any atom is -0.493 e. The number of carbonyl (C=O) groups is 1. The van der Waals surface area contributed by atoms with Crippen molar-refractivity contribution in [3.8, 4) is 5.75 Å². The van der Waals surface area contributed by atoms with E-state index in [1.807, 2.05) is 6.92 Å². The molecule has 0 fully saturated rings. The maximum atomic E-state index is 11.6. The Morgan fingerprint density at radius 1 is 0.917 bits per heavy atom. The Morgan fingerprint density at radius 2 is 1.53 bits per heavy atom. The maximum Gasteiger partial charge on any atom is 0.305 e. The predicted molar refractivity (Wildman–Crippen MR) is 149 cm³/mol. The number of aryl methyl sites for hydroxylation is 2. The summed E-state index contributed by atoms with van der Waals surface area (Å²) in [5.74, 6) is 0.706. The van der Waals surface area contributed by atoms with E-state index in [1.54, 1.807) is 0 Å². The van der Waals surface area contributed by atoms with Crippen molar-refractivity contribution in [2.24, 2.45) is 0 Å². The molecule has 2 aromatic carbocycles. The zero-order valence-electron chi connectivity index (χ0n) is 22.7. The maximum absolute atomic E-state index is 11.6. The van der Waals surface area contributed by atoms with Gasteiger partial charge in [0.25, 0.3) is 0 Å². The number of allylic oxidation sites excluding steroid dienone is 5. The monoisotopic (exact) mass is 487 g/mol. The second-order valence-electron chi connectivity index (χ2n) is 9.45. The first kappa shape index (κ1) is 27.0. The summed E-state index contributed by atoms with van der Waals surface area (Å²) >= 11 is 0. The number of rotatable bonds is 9. The molecular formula is C31H39N2O3+. The van der Waals surface area contributed by atoms with E-state index >= 15 is 0 Å². The molecule has 0 N–H and O–H groups in total. The molecule has 0 aromatic heterocycles. The summed E-state index contributed by atoms with van der Waals surface area (Å²) in [6, 6.07) is 13.1. The first-order chi connectivity index (χ1) is 17.2. The van der Waals surface area contributed by atoms with Gasteiger partial charge in [-0.25, -0.2) is 4.58 Å². The quantitative estimate of drug-likeness (QED) is 0.257. The van der Waals surface area contributed by atoms with E-state index in [1.165, 1.54) is 28.1 Å². The molecule has 0 spiro atoms. The summed E-state index contributed by atoms with van der Waals surface area (Å²) in [5, 5.41) is 0. The molecule has 0 aliphatic heterocycles. The van der Waals surface area contributed by atoms with E-state index in [0.29, 0.717) is 26.1 Å². The molecule has 1 aliphatic carbocycles. The number of esters is 1. The van der Waals surface area contributed by atoms with Gasteiger partial charge in [-0.2, -0.15) is 0 Å². The lowest BCUT2D eigenvalue weighted by Gasteiger charge is -2.19. The largest absolute Gasteiger partial charge is 0.493 e. The van der Waals surface area contributed by atoms with E-state index in [4.69, 9.17) is 9.47 Å². The van der Waals surface area contributed by atoms with Crippen LogP contribution in [0.4, 0.5) is 5.69 Å². The van der Waals surface area contributed by atoms with Crippen LogP contribution in [0.1, 0.15) is 42.0 Å². The average molecular weight is 488 g/mol. The number of hydrogen-bond acceptors (Lipinski definition) is 4. The highest BCUT2D eigenvalue weighted by Gasteiger charge is 2.16. The van der Waals surface area contributed by atoms with Gasteiger partial charge in [-0.3, -0.25) is 4.79 Å². The number of carbonyl (C=O) groups excluding carboxylic acids is 1. The fraction of sp³-hybridized carbons (Fsp3) is 0.355. The standard InChI is InChI=1S/C31H39N2O3/c1-8-35-29(34)10-9-19-36-31-22(2)20-26(21-23(31)3)30(24-11-15-27(16-12-24)32(4)5)25-13-17-28(18-14-25)33(6)7/h11-18,20-21H,8-10,19H2,1-7H3/q+1. The van der Waals surface area contributed by atoms with Crippen LogP contribution in [0.5, 0.6) is 5.75 Å². The van der Waals surface area contributed by atoms with E-state index in [9.17, 15) is 4.79 Å². The van der Waals surface area contributed by atoms with Crippen molar-refractivity contribution in [2.75, 3.05) is 46.3 Å². The minimum atomic E-state index is -0.176. The Labute approximate surface area is 216 Å². The number of ether oxygens (including phenoxy) is 2. The highest BCUT2D eigenvalue weighted by molar-refractivity contribution is 6.04. The van der Waals surface area contributed by atoms with Crippen molar-refractivity contribution < 1.29 is 18.8 Å². The molecule has 0 saturated heterocycles. The molecule has 0 atom stereocenters. The van der Waals surface area contributed by atoms with Crippen LogP contribution in [0, 0.1) is 13.8 Å². The van der Waals surface area contributed by atoms with Gasteiger partial charge < -0.3 is 14.4 Å². The van der Waals surface area contributed by atoms with Gasteiger partial charge in [0.05, 0.1) is 13.2 Å². The van der Waals surface area contributed by atoms with Gasteiger partial charge in [-0.1, -0.05) is 12.1 Å². The lowest BCUT2D eigenvalue weighted by molar-refractivity contribution is -0.462. The van der Waals surface area contributed by atoms with Crippen LogP contribution in [-0.2, 0) is 9.53 Å². The molecule has 0 bridgehead atoms. The van der Waals surface area contributed by atoms with Crippen LogP contribution in [0.25, 0.3) is 5.57 Å². The van der Waals surface area contributed by atoms with Gasteiger partial charge in [0.2, 0.25) is 0 Å². The lowest BCUT2D eigenvalue weighted by Crippen LogP contribution is -2.10. The molecule has 1 aliphatic rings. The second kappa shape index (κ2) is 12.4. The van der Waals surface area contributed by atoms with Crippen molar-refractivity contribution in [1.29, 1.82) is 0 Å². The third kappa shape index (κ3) is 6.75. The summed E-state index contributed by atoms with van der Waals surface area (Å²) in [7, 11) is 8.21. The normalized spacial score (nSPS) is 12.5. The van der Waals surface area contributed by atoms with E-state index in [2.05, 4.69) is 112 Å². The van der Waals surface area contributed by atoms with Gasteiger partial charge in [0.15, 0.2) is 5.71 Å². The third-order valence-corrected chi connectivity index (χ3v) is 6.17. The van der Waals surface area contributed by atoms with Crippen molar-refractivity contribution in [2.45, 2.75) is 33.6 Å². The van der Waals surface area contributed by atoms with Gasteiger partial charge in [-0.15, -0.1) is 0 Å². The highest BCUT2D eigenvalue weighted by atomic mass is 16.5. The molecular weight excluding hydrogens is 448 g/mol. The van der Waals surface area contributed by atoms with Crippen LogP contribution in [0.3, 0.4) is 0 Å². The summed E-state index contributed by atoms with van der Waals surface area (Å²) in [6.45, 7) is 6.88. The van der Waals surface area contributed by atoms with Gasteiger partial charge in [0, 0.05) is 38.4 Å². The van der Waals surface area contributed by atoms with Gasteiger partial charge in [0.1, 0.15) is 19.8 Å². The number of anilines is 1. The Morgan fingerprint density at radius 3 is 2.06 bits per heavy atom. The zero-order chi connectivity index (χ0) is 26.2. The number of benzene rings is 2. The first-order valence-corrected chi connectivity index (χ1v) is 12.5. The predicted octanol–water partition coefficient (Wildman–Crippen LogP) is 5.73. The molecule has 5 heteroatoms. The number of hydrogen-bond donors (Lipinski definition) is 0. The Hall–Kier alpha value is -3.60. The Balaban J connectivity index is 1.96. The fourth-order valence-electron chi connectivity index (χ4n) is 4.30. The fourth-order valence-corrected chi connectivity index (χ4v) is 4.30. The Kier molecular flexibility index (Phi) is 9.29. The van der Waals surface area contributed by atoms with Crippen LogP contribution in [0.2, 0.25) is 0 Å². The summed E-state index contributed by atoms with van der Waals surface area (Å²) < 4.78 is 13.2. The molecule has 0 amide bonds. The molecule has 2 aromatic rings. The lowest BCUT2D eigenvalue weighted by atomic mass is 9.89. The van der Waals surface area contributed by atoms with Gasteiger partial charge in [-0.05, 0) is 97.0 Å². The first-order valence-electron chi connectivity index (χ1n) is 12.5. The smallest absolute Gasteiger partial charge is 0.305 e. The van der Waals surface area contributed by atoms with E-state index in [-0.39, 0.29) is 5.97 Å². The van der Waals surface area contributed by atoms with Crippen molar-refractivity contribution >= 4 is 22.9 Å². The van der Waals surface area contributed by atoms with Crippen LogP contribution in [-0.4, -0.2) is 57.7 Å². The topological polar surface area (TPSA) is 41.8 Å². The summed E-state index contributed by atoms with van der Waals surface area (Å²) in [6.07, 6.45) is 9.69. The molecule has 5 nitrogen and oxygen atoms in total. The van der Waals surface area contributed by atoms with Crippen LogP contribution >= 0.6 is 0 Å². The third-order valence-electron chi connectivity index (χ3n) is 6.17. The molecule has 0 heterocycles. The number of nitrogens with zero attached hydrogens (tertiary/aromatic N) is 2. The second-order valence-corrected chi connectivity index (χ2v) is 9.45. The molecule has 190 valence electrons. The highest BCUT2D eigenvalue weighted by Crippen LogP contribution is 2.35. The average Bonchev–Trinajstić information content (AvgIpc) is 2.84. The molecule has 36 heavy (non-hydrogen) atoms. The van der Waals surface area contributed by atoms with Crippen LogP contribution in [0.15, 0.2) is 66.3 Å². The summed E-state index contributed by atoms with van der Waals surface area (Å²) in [4.78, 5) is 13.7. The Bertz CT molecular complexity index is 1170. The van der Waals surface area contributed by atoms with Crippen molar-refractivity contribution in [3.63, 3.8) is 0 Å². The molecule has 3 rings (SSSR count). The minimum absolute atomic E-state index is 0.176. The molecule has 0 unspecified atom stereocenters. The molecule has 0 radical (unpaired) electrons. The van der Waals surface area contributed by atoms with Crippen molar-refractivity contribution in [1.82, 2.24) is 0 Å².